The normalized spacial score (nSPS) is 9.64. The van der Waals surface area contributed by atoms with Crippen LogP contribution in [0.3, 0.4) is 0 Å². The fourth-order valence-electron chi connectivity index (χ4n) is 0.927. The molecule has 0 radical (unpaired) electrons. The Balaban J connectivity index is 3.32. The molecule has 0 aliphatic heterocycles. The van der Waals surface area contributed by atoms with Gasteiger partial charge in [-0.2, -0.15) is 0 Å². The molecule has 1 heterocycles. The second-order valence-corrected chi connectivity index (χ2v) is 2.28. The van der Waals surface area contributed by atoms with Gasteiger partial charge in [-0.1, -0.05) is 0 Å². The van der Waals surface area contributed by atoms with Crippen molar-refractivity contribution in [1.82, 2.24) is 9.97 Å². The van der Waals surface area contributed by atoms with Crippen molar-refractivity contribution in [2.45, 2.75) is 13.8 Å². The van der Waals surface area contributed by atoms with Crippen LogP contribution in [0.4, 0.5) is 5.82 Å². The van der Waals surface area contributed by atoms with Gasteiger partial charge in [-0.15, -0.1) is 0 Å². The Kier molecular flexibility index (Phi) is 1.85. The number of aryl methyl sites for hydroxylation is 1. The number of aromatic nitrogens is 2. The molecule has 0 unspecified atom stereocenters. The van der Waals surface area contributed by atoms with E-state index in [2.05, 4.69) is 9.97 Å². The first-order valence-electron chi connectivity index (χ1n) is 3.21. The number of carbonyl (C=O) groups is 1. The number of nitrogens with zero attached hydrogens (tertiary/aromatic N) is 2. The molecule has 0 saturated carbocycles. The van der Waals surface area contributed by atoms with Gasteiger partial charge in [0.1, 0.15) is 12.1 Å². The molecule has 2 N–H and O–H groups in total. The monoisotopic (exact) mass is 151 g/mol. The maximum absolute atomic E-state index is 10.9. The average Bonchev–Trinajstić information content (AvgIpc) is 1.85. The number of nitrogens with two attached hydrogens (primary N) is 1. The first-order chi connectivity index (χ1) is 5.13. The fraction of sp³-hybridized carbons (Fsp3) is 0.286. The van der Waals surface area contributed by atoms with E-state index in [1.165, 1.54) is 13.3 Å². The van der Waals surface area contributed by atoms with E-state index in [4.69, 9.17) is 5.73 Å². The Labute approximate surface area is 64.5 Å². The van der Waals surface area contributed by atoms with Crippen molar-refractivity contribution in [3.05, 3.63) is 17.6 Å². The summed E-state index contributed by atoms with van der Waals surface area (Å²) >= 11 is 0. The van der Waals surface area contributed by atoms with Gasteiger partial charge < -0.3 is 5.73 Å². The summed E-state index contributed by atoms with van der Waals surface area (Å²) < 4.78 is 0. The molecule has 0 fully saturated rings. The van der Waals surface area contributed by atoms with E-state index in [0.717, 1.165) is 0 Å². The Morgan fingerprint density at radius 2 is 2.18 bits per heavy atom. The molecule has 1 rings (SSSR count). The minimum atomic E-state index is -0.0967. The van der Waals surface area contributed by atoms with E-state index in [-0.39, 0.29) is 11.6 Å². The molecule has 1 aromatic rings. The minimum Gasteiger partial charge on any atom is -0.383 e. The lowest BCUT2D eigenvalue weighted by molar-refractivity contribution is 0.101. The topological polar surface area (TPSA) is 68.9 Å². The summed E-state index contributed by atoms with van der Waals surface area (Å²) in [5.74, 6) is 0.158. The Morgan fingerprint density at radius 1 is 1.55 bits per heavy atom. The Morgan fingerprint density at radius 3 is 2.55 bits per heavy atom. The summed E-state index contributed by atoms with van der Waals surface area (Å²) in [4.78, 5) is 18.5. The van der Waals surface area contributed by atoms with Gasteiger partial charge in [-0.25, -0.2) is 9.97 Å². The minimum absolute atomic E-state index is 0.0967. The van der Waals surface area contributed by atoms with Gasteiger partial charge in [0.2, 0.25) is 0 Å². The highest BCUT2D eigenvalue weighted by molar-refractivity contribution is 5.99. The van der Waals surface area contributed by atoms with Crippen molar-refractivity contribution >= 4 is 11.6 Å². The third kappa shape index (κ3) is 1.34. The predicted octanol–water partition coefficient (Wildman–Crippen LogP) is 0.570. The third-order valence-corrected chi connectivity index (χ3v) is 1.42. The van der Waals surface area contributed by atoms with Crippen molar-refractivity contribution in [3.63, 3.8) is 0 Å². The van der Waals surface area contributed by atoms with E-state index < -0.39 is 0 Å². The second-order valence-electron chi connectivity index (χ2n) is 2.28. The van der Waals surface area contributed by atoms with Crippen LogP contribution in [0.1, 0.15) is 23.0 Å². The van der Waals surface area contributed by atoms with Crippen molar-refractivity contribution in [2.24, 2.45) is 0 Å². The number of rotatable bonds is 1. The molecule has 0 aromatic carbocycles. The molecule has 0 aliphatic rings. The predicted molar refractivity (Wildman–Crippen MR) is 41.2 cm³/mol. The summed E-state index contributed by atoms with van der Waals surface area (Å²) in [7, 11) is 0. The number of anilines is 1. The first kappa shape index (κ1) is 7.65. The lowest BCUT2D eigenvalue weighted by Gasteiger charge is -2.01. The summed E-state index contributed by atoms with van der Waals surface area (Å²) in [6.07, 6.45) is 1.34. The zero-order valence-corrected chi connectivity index (χ0v) is 6.46. The van der Waals surface area contributed by atoms with Gasteiger partial charge in [0, 0.05) is 0 Å². The quantitative estimate of drug-likeness (QED) is 0.596. The molecule has 4 nitrogen and oxygen atoms in total. The van der Waals surface area contributed by atoms with Crippen LogP contribution in [-0.4, -0.2) is 15.8 Å². The zero-order valence-electron chi connectivity index (χ0n) is 6.46. The molecule has 1 aromatic heterocycles. The molecular formula is C7H9N3O. The second kappa shape index (κ2) is 2.65. The maximum Gasteiger partial charge on any atom is 0.165 e. The van der Waals surface area contributed by atoms with E-state index in [1.807, 2.05) is 0 Å². The van der Waals surface area contributed by atoms with E-state index >= 15 is 0 Å². The molecule has 11 heavy (non-hydrogen) atoms. The average molecular weight is 151 g/mol. The van der Waals surface area contributed by atoms with Crippen LogP contribution in [0.25, 0.3) is 0 Å². The van der Waals surface area contributed by atoms with Gasteiger partial charge >= 0.3 is 0 Å². The molecule has 0 bridgehead atoms. The lowest BCUT2D eigenvalue weighted by atomic mass is 10.1. The van der Waals surface area contributed by atoms with E-state index in [0.29, 0.717) is 11.3 Å². The molecular weight excluding hydrogens is 142 g/mol. The van der Waals surface area contributed by atoms with Crippen LogP contribution < -0.4 is 5.73 Å². The number of ketones is 1. The SMILES string of the molecule is CC(=O)c1c(C)ncnc1N. The molecule has 0 aliphatic carbocycles. The number of nitrogen functional groups attached to an aromatic ring is 1. The highest BCUT2D eigenvalue weighted by Crippen LogP contribution is 2.10. The van der Waals surface area contributed by atoms with Crippen LogP contribution in [0.15, 0.2) is 6.33 Å². The first-order valence-corrected chi connectivity index (χ1v) is 3.21. The molecule has 0 spiro atoms. The standard InChI is InChI=1S/C7H9N3O/c1-4-6(5(2)11)7(8)10-3-9-4/h3H,1-2H3,(H2,8,9,10). The summed E-state index contributed by atoms with van der Waals surface area (Å²) in [5, 5.41) is 0. The van der Waals surface area contributed by atoms with Crippen molar-refractivity contribution in [1.29, 1.82) is 0 Å². The zero-order chi connectivity index (χ0) is 8.43. The molecule has 58 valence electrons. The highest BCUT2D eigenvalue weighted by Gasteiger charge is 2.08. The maximum atomic E-state index is 10.9. The van der Waals surface area contributed by atoms with Gasteiger partial charge in [-0.05, 0) is 13.8 Å². The summed E-state index contributed by atoms with van der Waals surface area (Å²) in [6, 6.07) is 0. The third-order valence-electron chi connectivity index (χ3n) is 1.42. The molecule has 0 amide bonds. The summed E-state index contributed by atoms with van der Waals surface area (Å²) in [5.41, 5.74) is 6.50. The fourth-order valence-corrected chi connectivity index (χ4v) is 0.927. The van der Waals surface area contributed by atoms with Crippen molar-refractivity contribution in [2.75, 3.05) is 5.73 Å². The molecule has 0 atom stereocenters. The van der Waals surface area contributed by atoms with Crippen LogP contribution in [0, 0.1) is 6.92 Å². The van der Waals surface area contributed by atoms with E-state index in [1.54, 1.807) is 6.92 Å². The van der Waals surface area contributed by atoms with E-state index in [9.17, 15) is 4.79 Å². The number of hydrogen-bond donors (Lipinski definition) is 1. The Bertz CT molecular complexity index is 275. The van der Waals surface area contributed by atoms with Gasteiger partial charge in [0.25, 0.3) is 0 Å². The Hall–Kier alpha value is -1.45. The molecule has 0 saturated heterocycles. The van der Waals surface area contributed by atoms with Gasteiger partial charge in [0.05, 0.1) is 11.3 Å². The van der Waals surface area contributed by atoms with Crippen LogP contribution in [-0.2, 0) is 0 Å². The van der Waals surface area contributed by atoms with Crippen LogP contribution in [0.2, 0.25) is 0 Å². The highest BCUT2D eigenvalue weighted by atomic mass is 16.1. The van der Waals surface area contributed by atoms with Crippen molar-refractivity contribution in [3.8, 4) is 0 Å². The van der Waals surface area contributed by atoms with Crippen LogP contribution >= 0.6 is 0 Å². The van der Waals surface area contributed by atoms with Crippen molar-refractivity contribution < 1.29 is 4.79 Å². The van der Waals surface area contributed by atoms with Gasteiger partial charge in [0.15, 0.2) is 5.78 Å². The van der Waals surface area contributed by atoms with Gasteiger partial charge in [-0.3, -0.25) is 4.79 Å². The lowest BCUT2D eigenvalue weighted by Crippen LogP contribution is -2.06. The largest absolute Gasteiger partial charge is 0.383 e. The number of carbonyl (C=O) groups excluding carboxylic acids is 1. The molecule has 4 heteroatoms. The number of Topliss-reactive ketones (excluding diaryl/α,β-unsaturated/α-hetero) is 1. The smallest absolute Gasteiger partial charge is 0.165 e. The summed E-state index contributed by atoms with van der Waals surface area (Å²) in [6.45, 7) is 3.18. The van der Waals surface area contributed by atoms with Crippen LogP contribution in [0.5, 0.6) is 0 Å². The number of hydrogen-bond acceptors (Lipinski definition) is 4.